The van der Waals surface area contributed by atoms with E-state index < -0.39 is 0 Å². The van der Waals surface area contributed by atoms with Gasteiger partial charge in [0.15, 0.2) is 0 Å². The zero-order chi connectivity index (χ0) is 19.0. The molecular formula is C18H20ClN5O2S. The second-order valence-corrected chi connectivity index (χ2v) is 7.99. The van der Waals surface area contributed by atoms with E-state index in [9.17, 15) is 4.79 Å². The molecule has 1 fully saturated rings. The number of nitrogens with zero attached hydrogens (tertiary/aromatic N) is 3. The quantitative estimate of drug-likeness (QED) is 0.793. The molecule has 0 bridgehead atoms. The third-order valence-corrected chi connectivity index (χ3v) is 5.97. The summed E-state index contributed by atoms with van der Waals surface area (Å²) in [6.45, 7) is 3.79. The van der Waals surface area contributed by atoms with Gasteiger partial charge in [0.2, 0.25) is 11.9 Å². The number of anilines is 3. The minimum Gasteiger partial charge on any atom is -0.379 e. The van der Waals surface area contributed by atoms with Gasteiger partial charge in [0.05, 0.1) is 24.1 Å². The molecule has 27 heavy (non-hydrogen) atoms. The molecule has 1 atom stereocenters. The summed E-state index contributed by atoms with van der Waals surface area (Å²) >= 11 is 8.13. The van der Waals surface area contributed by atoms with Crippen LogP contribution in [0.3, 0.4) is 0 Å². The number of nitrogens with two attached hydrogens (primary N) is 1. The van der Waals surface area contributed by atoms with E-state index in [0.29, 0.717) is 24.0 Å². The number of fused-ring (bicyclic) bond motifs is 1. The number of aryl methyl sites for hydroxylation is 1. The van der Waals surface area contributed by atoms with Gasteiger partial charge in [-0.05, 0) is 31.0 Å². The summed E-state index contributed by atoms with van der Waals surface area (Å²) in [5.41, 5.74) is 8.36. The number of halogens is 1. The van der Waals surface area contributed by atoms with Crippen molar-refractivity contribution in [1.29, 1.82) is 0 Å². The molecule has 2 aliphatic rings. The molecule has 7 nitrogen and oxygen atoms in total. The van der Waals surface area contributed by atoms with Gasteiger partial charge in [-0.3, -0.25) is 4.79 Å². The number of rotatable bonds is 2. The maximum atomic E-state index is 11.8. The molecule has 2 aliphatic heterocycles. The Morgan fingerprint density at radius 2 is 2.22 bits per heavy atom. The number of nitrogens with one attached hydrogen (secondary N) is 1. The summed E-state index contributed by atoms with van der Waals surface area (Å²) in [4.78, 5) is 23.5. The summed E-state index contributed by atoms with van der Waals surface area (Å²) in [7, 11) is 0. The van der Waals surface area contributed by atoms with Crippen molar-refractivity contribution in [2.24, 2.45) is 0 Å². The molecule has 0 aliphatic carbocycles. The molecule has 1 aromatic heterocycles. The molecule has 9 heteroatoms. The first kappa shape index (κ1) is 18.3. The van der Waals surface area contributed by atoms with Crippen molar-refractivity contribution in [2.75, 3.05) is 41.5 Å². The van der Waals surface area contributed by atoms with Gasteiger partial charge < -0.3 is 20.7 Å². The first-order valence-corrected chi connectivity index (χ1v) is 10.1. The fourth-order valence-corrected chi connectivity index (χ4v) is 4.58. The maximum absolute atomic E-state index is 11.8. The van der Waals surface area contributed by atoms with E-state index in [1.165, 1.54) is 11.8 Å². The second-order valence-electron chi connectivity index (χ2n) is 6.57. The Balaban J connectivity index is 1.77. The normalized spacial score (nSPS) is 20.0. The van der Waals surface area contributed by atoms with Crippen LogP contribution in [0.25, 0.3) is 0 Å². The number of ether oxygens (including phenoxy) is 1. The number of nitrogen functional groups attached to an aromatic ring is 1. The number of amides is 1. The minimum absolute atomic E-state index is 0.00561. The van der Waals surface area contributed by atoms with E-state index in [1.54, 1.807) is 0 Å². The number of carbonyl (C=O) groups is 1. The van der Waals surface area contributed by atoms with E-state index in [-0.39, 0.29) is 17.9 Å². The van der Waals surface area contributed by atoms with Gasteiger partial charge in [-0.25, -0.2) is 4.98 Å². The maximum Gasteiger partial charge on any atom is 0.234 e. The molecule has 0 spiro atoms. The van der Waals surface area contributed by atoms with E-state index >= 15 is 0 Å². The van der Waals surface area contributed by atoms with Gasteiger partial charge in [0.1, 0.15) is 5.82 Å². The zero-order valence-electron chi connectivity index (χ0n) is 14.9. The van der Waals surface area contributed by atoms with E-state index in [4.69, 9.17) is 22.1 Å². The standard InChI is InChI=1S/C18H20ClN5O2S/c1-10-5-16(23-18(20)21-10)24-3-2-4-26-8-14(24)11-6-13-15(7-12(11)19)27-9-17(25)22-13/h5-7,14H,2-4,8-9H2,1H3,(H,22,25)(H2,20,21,23)/t14-/m0/s1. The van der Waals surface area contributed by atoms with Gasteiger partial charge in [0.25, 0.3) is 0 Å². The molecule has 0 saturated carbocycles. The Morgan fingerprint density at radius 3 is 3.04 bits per heavy atom. The van der Waals surface area contributed by atoms with Crippen LogP contribution in [0, 0.1) is 6.92 Å². The minimum atomic E-state index is -0.136. The SMILES string of the molecule is Cc1cc(N2CCCOC[C@H]2c2cc3c(cc2Cl)SCC(=O)N3)nc(N)n1. The van der Waals surface area contributed by atoms with E-state index in [0.717, 1.165) is 40.6 Å². The highest BCUT2D eigenvalue weighted by Crippen LogP contribution is 2.40. The third-order valence-electron chi connectivity index (χ3n) is 4.58. The largest absolute Gasteiger partial charge is 0.379 e. The molecule has 1 saturated heterocycles. The highest BCUT2D eigenvalue weighted by atomic mass is 35.5. The number of thioether (sulfide) groups is 1. The lowest BCUT2D eigenvalue weighted by Crippen LogP contribution is -2.32. The van der Waals surface area contributed by atoms with Gasteiger partial charge in [0, 0.05) is 34.8 Å². The Hall–Kier alpha value is -2.03. The fourth-order valence-electron chi connectivity index (χ4n) is 3.40. The summed E-state index contributed by atoms with van der Waals surface area (Å²) in [6, 6.07) is 5.64. The van der Waals surface area contributed by atoms with Gasteiger partial charge in [-0.15, -0.1) is 11.8 Å². The van der Waals surface area contributed by atoms with Crippen LogP contribution in [-0.2, 0) is 9.53 Å². The van der Waals surface area contributed by atoms with Gasteiger partial charge >= 0.3 is 0 Å². The molecule has 0 unspecified atom stereocenters. The molecule has 0 radical (unpaired) electrons. The van der Waals surface area contributed by atoms with Crippen molar-refractivity contribution in [3.63, 3.8) is 0 Å². The van der Waals surface area contributed by atoms with Gasteiger partial charge in [-0.2, -0.15) is 4.98 Å². The zero-order valence-corrected chi connectivity index (χ0v) is 16.4. The van der Waals surface area contributed by atoms with E-state index in [1.807, 2.05) is 25.1 Å². The third kappa shape index (κ3) is 3.83. The van der Waals surface area contributed by atoms with Crippen LogP contribution >= 0.6 is 23.4 Å². The summed E-state index contributed by atoms with van der Waals surface area (Å²) < 4.78 is 5.83. The molecule has 1 amide bonds. The summed E-state index contributed by atoms with van der Waals surface area (Å²) in [5, 5.41) is 3.58. The fraction of sp³-hybridized carbons (Fsp3) is 0.389. The number of benzene rings is 1. The van der Waals surface area contributed by atoms with E-state index in [2.05, 4.69) is 20.2 Å². The predicted molar refractivity (Wildman–Crippen MR) is 108 cm³/mol. The average Bonchev–Trinajstić information content (AvgIpc) is 2.86. The molecule has 4 rings (SSSR count). The lowest BCUT2D eigenvalue weighted by molar-refractivity contribution is -0.113. The Kier molecular flexibility index (Phi) is 5.12. The molecule has 142 valence electrons. The predicted octanol–water partition coefficient (Wildman–Crippen LogP) is 3.03. The average molecular weight is 406 g/mol. The Labute approximate surface area is 166 Å². The van der Waals surface area contributed by atoms with Gasteiger partial charge in [-0.1, -0.05) is 11.6 Å². The number of carbonyl (C=O) groups excluding carboxylic acids is 1. The van der Waals surface area contributed by atoms with Crippen LogP contribution < -0.4 is 16.0 Å². The molecule has 2 aromatic rings. The van der Waals surface area contributed by atoms with Crippen LogP contribution in [0.1, 0.15) is 23.7 Å². The summed E-state index contributed by atoms with van der Waals surface area (Å²) in [5.74, 6) is 1.40. The topological polar surface area (TPSA) is 93.4 Å². The Morgan fingerprint density at radius 1 is 1.37 bits per heavy atom. The molecular weight excluding hydrogens is 386 g/mol. The van der Waals surface area contributed by atoms with Crippen molar-refractivity contribution in [3.05, 3.63) is 34.5 Å². The van der Waals surface area contributed by atoms with Crippen molar-refractivity contribution >= 4 is 46.7 Å². The van der Waals surface area contributed by atoms with Crippen LogP contribution in [0.2, 0.25) is 5.02 Å². The monoisotopic (exact) mass is 405 g/mol. The summed E-state index contributed by atoms with van der Waals surface area (Å²) in [6.07, 6.45) is 0.870. The van der Waals surface area contributed by atoms with Crippen molar-refractivity contribution in [2.45, 2.75) is 24.3 Å². The lowest BCUT2D eigenvalue weighted by Gasteiger charge is -2.32. The van der Waals surface area contributed by atoms with Crippen LogP contribution in [0.5, 0.6) is 0 Å². The smallest absolute Gasteiger partial charge is 0.234 e. The Bertz CT molecular complexity index is 874. The van der Waals surface area contributed by atoms with Crippen LogP contribution in [0.4, 0.5) is 17.5 Å². The molecule has 3 N–H and O–H groups in total. The lowest BCUT2D eigenvalue weighted by atomic mass is 10.0. The second kappa shape index (κ2) is 7.53. The number of hydrogen-bond acceptors (Lipinski definition) is 7. The van der Waals surface area contributed by atoms with Crippen LogP contribution in [-0.4, -0.2) is 41.4 Å². The first-order valence-electron chi connectivity index (χ1n) is 8.73. The van der Waals surface area contributed by atoms with Crippen molar-refractivity contribution < 1.29 is 9.53 Å². The highest BCUT2D eigenvalue weighted by Gasteiger charge is 2.29. The first-order chi connectivity index (χ1) is 13.0. The molecule has 3 heterocycles. The number of hydrogen-bond donors (Lipinski definition) is 2. The number of aromatic nitrogens is 2. The molecule has 1 aromatic carbocycles. The van der Waals surface area contributed by atoms with Crippen molar-refractivity contribution in [1.82, 2.24) is 9.97 Å². The van der Waals surface area contributed by atoms with Crippen molar-refractivity contribution in [3.8, 4) is 0 Å². The van der Waals surface area contributed by atoms with Crippen LogP contribution in [0.15, 0.2) is 23.1 Å². The highest BCUT2D eigenvalue weighted by molar-refractivity contribution is 8.00.